The first-order valence-corrected chi connectivity index (χ1v) is 9.85. The van der Waals surface area contributed by atoms with Crippen LogP contribution in [0.15, 0.2) is 30.5 Å². The molecule has 0 bridgehead atoms. The molecule has 2 aromatic heterocycles. The summed E-state index contributed by atoms with van der Waals surface area (Å²) in [4.78, 5) is 20.6. The maximum atomic E-state index is 12.5. The highest BCUT2D eigenvalue weighted by atomic mass is 32.1. The number of hydrogen-bond donors (Lipinski definition) is 2. The van der Waals surface area contributed by atoms with Crippen molar-refractivity contribution in [2.24, 2.45) is 5.92 Å². The van der Waals surface area contributed by atoms with Crippen molar-refractivity contribution in [3.63, 3.8) is 0 Å². The zero-order valence-corrected chi connectivity index (χ0v) is 15.7. The average Bonchev–Trinajstić information content (AvgIpc) is 3.26. The Bertz CT molecular complexity index is 902. The van der Waals surface area contributed by atoms with E-state index in [4.69, 9.17) is 0 Å². The molecule has 2 N–H and O–H groups in total. The Kier molecular flexibility index (Phi) is 4.99. The fourth-order valence-corrected chi connectivity index (χ4v) is 4.46. The van der Waals surface area contributed by atoms with Crippen molar-refractivity contribution in [3.05, 3.63) is 46.0 Å². The number of fused-ring (bicyclic) bond motifs is 1. The number of carbonyl (C=O) groups is 1. The maximum Gasteiger partial charge on any atom is 0.272 e. The minimum atomic E-state index is -0.0994. The average molecular weight is 369 g/mol. The van der Waals surface area contributed by atoms with E-state index in [0.29, 0.717) is 18.2 Å². The first kappa shape index (κ1) is 17.2. The Hall–Kier alpha value is -2.25. The van der Waals surface area contributed by atoms with Crippen LogP contribution in [0.2, 0.25) is 0 Å². The van der Waals surface area contributed by atoms with Gasteiger partial charge in [0.05, 0.1) is 10.5 Å². The van der Waals surface area contributed by atoms with Gasteiger partial charge in [-0.1, -0.05) is 18.2 Å². The van der Waals surface area contributed by atoms with Crippen molar-refractivity contribution in [2.45, 2.75) is 26.3 Å². The summed E-state index contributed by atoms with van der Waals surface area (Å²) >= 11 is 1.77. The van der Waals surface area contributed by atoms with E-state index in [0.717, 1.165) is 42.0 Å². The molecule has 1 aliphatic rings. The molecular formula is C19H23N5OS. The number of nitrogens with one attached hydrogen (secondary N) is 2. The van der Waals surface area contributed by atoms with Crippen molar-refractivity contribution >= 4 is 28.1 Å². The van der Waals surface area contributed by atoms with E-state index in [1.165, 1.54) is 11.3 Å². The molecule has 1 amide bonds. The van der Waals surface area contributed by atoms with Crippen LogP contribution in [-0.2, 0) is 6.54 Å². The summed E-state index contributed by atoms with van der Waals surface area (Å²) < 4.78 is 0. The molecular weight excluding hydrogens is 346 g/mol. The van der Waals surface area contributed by atoms with Gasteiger partial charge in [0.15, 0.2) is 5.69 Å². The zero-order valence-electron chi connectivity index (χ0n) is 14.9. The van der Waals surface area contributed by atoms with Crippen LogP contribution in [-0.4, -0.2) is 45.6 Å². The molecule has 26 heavy (non-hydrogen) atoms. The van der Waals surface area contributed by atoms with Gasteiger partial charge in [0.2, 0.25) is 0 Å². The molecule has 0 saturated carbocycles. The minimum absolute atomic E-state index is 0.0994. The summed E-state index contributed by atoms with van der Waals surface area (Å²) in [6, 6.07) is 7.71. The number of hydrogen-bond acceptors (Lipinski definition) is 5. The summed E-state index contributed by atoms with van der Waals surface area (Å²) in [6.45, 7) is 5.82. The largest absolute Gasteiger partial charge is 0.350 e. The van der Waals surface area contributed by atoms with Crippen LogP contribution < -0.4 is 5.32 Å². The third kappa shape index (κ3) is 3.78. The van der Waals surface area contributed by atoms with Crippen LogP contribution in [0.4, 0.5) is 0 Å². The third-order valence-corrected chi connectivity index (χ3v) is 5.79. The fourth-order valence-electron chi connectivity index (χ4n) is 3.62. The van der Waals surface area contributed by atoms with Gasteiger partial charge in [-0.05, 0) is 38.3 Å². The summed E-state index contributed by atoms with van der Waals surface area (Å²) in [5, 5.41) is 12.2. The topological polar surface area (TPSA) is 73.9 Å². The van der Waals surface area contributed by atoms with E-state index in [-0.39, 0.29) is 5.91 Å². The van der Waals surface area contributed by atoms with Crippen LogP contribution in [0.5, 0.6) is 0 Å². The Labute approximate surface area is 156 Å². The zero-order chi connectivity index (χ0) is 17.9. The van der Waals surface area contributed by atoms with E-state index in [1.807, 2.05) is 37.4 Å². The highest BCUT2D eigenvalue weighted by molar-refractivity contribution is 7.11. The molecule has 3 heterocycles. The summed E-state index contributed by atoms with van der Waals surface area (Å²) in [7, 11) is 0. The van der Waals surface area contributed by atoms with Crippen LogP contribution >= 0.6 is 11.3 Å². The molecule has 1 atom stereocenters. The number of aromatic amines is 1. The molecule has 4 rings (SSSR count). The fraction of sp³-hybridized carbons (Fsp3) is 0.421. The summed E-state index contributed by atoms with van der Waals surface area (Å²) in [5.74, 6) is 0.379. The SMILES string of the molecule is Cc1ncc(CN2CCCC(CNC(=O)c3n[nH]c4ccccc34)C2)s1. The molecule has 7 heteroatoms. The predicted octanol–water partition coefficient (Wildman–Crippen LogP) is 2.97. The van der Waals surface area contributed by atoms with Gasteiger partial charge >= 0.3 is 0 Å². The first-order chi connectivity index (χ1) is 12.7. The number of thiazole rings is 1. The van der Waals surface area contributed by atoms with Crippen molar-refractivity contribution in [2.75, 3.05) is 19.6 Å². The Balaban J connectivity index is 1.33. The number of H-pyrrole nitrogens is 1. The number of likely N-dealkylation sites (tertiary alicyclic amines) is 1. The van der Waals surface area contributed by atoms with Gasteiger partial charge < -0.3 is 5.32 Å². The second-order valence-corrected chi connectivity index (χ2v) is 8.24. The number of aryl methyl sites for hydroxylation is 1. The lowest BCUT2D eigenvalue weighted by Gasteiger charge is -2.32. The molecule has 0 spiro atoms. The third-order valence-electron chi connectivity index (χ3n) is 4.89. The number of para-hydroxylation sites is 1. The molecule has 1 saturated heterocycles. The van der Waals surface area contributed by atoms with Gasteiger partial charge in [-0.3, -0.25) is 14.8 Å². The van der Waals surface area contributed by atoms with Gasteiger partial charge in [-0.2, -0.15) is 5.10 Å². The lowest BCUT2D eigenvalue weighted by molar-refractivity contribution is 0.0927. The van der Waals surface area contributed by atoms with Gasteiger partial charge in [0, 0.05) is 36.1 Å². The van der Waals surface area contributed by atoms with Crippen LogP contribution in [0.1, 0.15) is 33.2 Å². The Morgan fingerprint density at radius 2 is 2.31 bits per heavy atom. The smallest absolute Gasteiger partial charge is 0.272 e. The van der Waals surface area contributed by atoms with Crippen LogP contribution in [0, 0.1) is 12.8 Å². The van der Waals surface area contributed by atoms with Gasteiger partial charge in [-0.25, -0.2) is 4.98 Å². The second-order valence-electron chi connectivity index (χ2n) is 6.92. The highest BCUT2D eigenvalue weighted by Crippen LogP contribution is 2.21. The van der Waals surface area contributed by atoms with Crippen molar-refractivity contribution in [1.29, 1.82) is 0 Å². The number of nitrogens with zero attached hydrogens (tertiary/aromatic N) is 3. The number of rotatable bonds is 5. The number of piperidine rings is 1. The first-order valence-electron chi connectivity index (χ1n) is 9.04. The normalized spacial score (nSPS) is 18.3. The van der Waals surface area contributed by atoms with Gasteiger partial charge in [0.25, 0.3) is 5.91 Å². The van der Waals surface area contributed by atoms with E-state index in [1.54, 1.807) is 11.3 Å². The maximum absolute atomic E-state index is 12.5. The molecule has 1 aromatic carbocycles. The lowest BCUT2D eigenvalue weighted by atomic mass is 9.98. The van der Waals surface area contributed by atoms with E-state index in [9.17, 15) is 4.79 Å². The number of amides is 1. The van der Waals surface area contributed by atoms with Crippen molar-refractivity contribution in [3.8, 4) is 0 Å². The molecule has 1 unspecified atom stereocenters. The van der Waals surface area contributed by atoms with E-state index in [2.05, 4.69) is 25.4 Å². The molecule has 0 radical (unpaired) electrons. The summed E-state index contributed by atoms with van der Waals surface area (Å²) in [5.41, 5.74) is 1.37. The van der Waals surface area contributed by atoms with E-state index < -0.39 is 0 Å². The molecule has 1 fully saturated rings. The van der Waals surface area contributed by atoms with Crippen molar-refractivity contribution < 1.29 is 4.79 Å². The van der Waals surface area contributed by atoms with Gasteiger partial charge in [0.1, 0.15) is 0 Å². The number of carbonyl (C=O) groups excluding carboxylic acids is 1. The van der Waals surface area contributed by atoms with Crippen molar-refractivity contribution in [1.82, 2.24) is 25.4 Å². The van der Waals surface area contributed by atoms with E-state index >= 15 is 0 Å². The molecule has 0 aliphatic carbocycles. The highest BCUT2D eigenvalue weighted by Gasteiger charge is 2.22. The van der Waals surface area contributed by atoms with Gasteiger partial charge in [-0.15, -0.1) is 11.3 Å². The lowest BCUT2D eigenvalue weighted by Crippen LogP contribution is -2.40. The standard InChI is InChI=1S/C19H23N5OS/c1-13-20-10-15(26-13)12-24-8-4-5-14(11-24)9-21-19(25)18-16-6-2-3-7-17(16)22-23-18/h2-3,6-7,10,14H,4-5,8-9,11-12H2,1H3,(H,21,25)(H,22,23). The second kappa shape index (κ2) is 7.55. The number of benzene rings is 1. The van der Waals surface area contributed by atoms with Crippen LogP contribution in [0.3, 0.4) is 0 Å². The Morgan fingerprint density at radius 3 is 3.15 bits per heavy atom. The monoisotopic (exact) mass is 369 g/mol. The molecule has 136 valence electrons. The predicted molar refractivity (Wildman–Crippen MR) is 103 cm³/mol. The molecule has 1 aliphatic heterocycles. The van der Waals surface area contributed by atoms with Crippen LogP contribution in [0.25, 0.3) is 10.9 Å². The molecule has 6 nitrogen and oxygen atoms in total. The number of aromatic nitrogens is 3. The minimum Gasteiger partial charge on any atom is -0.350 e. The molecule has 3 aromatic rings. The Morgan fingerprint density at radius 1 is 1.42 bits per heavy atom. The quantitative estimate of drug-likeness (QED) is 0.725. The summed E-state index contributed by atoms with van der Waals surface area (Å²) in [6.07, 6.45) is 4.30.